The summed E-state index contributed by atoms with van der Waals surface area (Å²) >= 11 is 5.73. The molecule has 1 aromatic heterocycles. The fourth-order valence-electron chi connectivity index (χ4n) is 3.87. The Morgan fingerprint density at radius 1 is 1.23 bits per heavy atom. The molecule has 0 radical (unpaired) electrons. The summed E-state index contributed by atoms with van der Waals surface area (Å²) in [6.45, 7) is 5.20. The smallest absolute Gasteiger partial charge is 0.418 e. The van der Waals surface area contributed by atoms with E-state index < -0.39 is 41.2 Å². The average Bonchev–Trinajstić information content (AvgIpc) is 3.07. The molecule has 35 heavy (non-hydrogen) atoms. The fraction of sp³-hybridized carbons (Fsp3) is 0.417. The Kier molecular flexibility index (Phi) is 7.45. The van der Waals surface area contributed by atoms with Crippen LogP contribution in [0.25, 0.3) is 11.3 Å². The second-order valence-electron chi connectivity index (χ2n) is 9.21. The minimum Gasteiger partial charge on any atom is -0.460 e. The Morgan fingerprint density at radius 3 is 2.49 bits per heavy atom. The fourth-order valence-corrected chi connectivity index (χ4v) is 4.09. The molecule has 188 valence electrons. The van der Waals surface area contributed by atoms with E-state index in [1.165, 1.54) is 17.0 Å². The lowest BCUT2D eigenvalue weighted by molar-refractivity contribution is -0.155. The van der Waals surface area contributed by atoms with Gasteiger partial charge in [0.15, 0.2) is 0 Å². The summed E-state index contributed by atoms with van der Waals surface area (Å²) in [4.78, 5) is 42.4. The van der Waals surface area contributed by atoms with Crippen molar-refractivity contribution in [3.05, 3.63) is 52.7 Å². The van der Waals surface area contributed by atoms with Gasteiger partial charge in [-0.1, -0.05) is 6.07 Å². The molecule has 11 heteroatoms. The van der Waals surface area contributed by atoms with Crippen LogP contribution in [0.5, 0.6) is 0 Å². The van der Waals surface area contributed by atoms with E-state index in [1.54, 1.807) is 32.9 Å². The van der Waals surface area contributed by atoms with Crippen LogP contribution in [-0.4, -0.2) is 39.3 Å². The monoisotopic (exact) mass is 511 g/mol. The average molecular weight is 512 g/mol. The van der Waals surface area contributed by atoms with Crippen LogP contribution >= 0.6 is 11.6 Å². The number of hydrogen-bond acceptors (Lipinski definition) is 5. The second-order valence-corrected chi connectivity index (χ2v) is 9.47. The van der Waals surface area contributed by atoms with Crippen molar-refractivity contribution < 1.29 is 32.3 Å². The van der Waals surface area contributed by atoms with Crippen molar-refractivity contribution in [3.8, 4) is 11.3 Å². The molecule has 0 bridgehead atoms. The van der Waals surface area contributed by atoms with Gasteiger partial charge in [0.05, 0.1) is 11.3 Å². The van der Waals surface area contributed by atoms with Crippen molar-refractivity contribution in [1.29, 1.82) is 0 Å². The standard InChI is InChI=1S/C24H25ClF3N3O4/c1-23(2,3)35-20(32)7-6-19(21(29)33)31-12-15-8-13(4-5-16(15)22(31)34)18-9-14(10-25)17(11-30-18)24(26,27)28/h4-5,8-9,11,19H,6-7,10,12H2,1-3H3,(H2,29,33). The van der Waals surface area contributed by atoms with Gasteiger partial charge in [-0.25, -0.2) is 0 Å². The zero-order chi connectivity index (χ0) is 26.1. The molecule has 2 amide bonds. The highest BCUT2D eigenvalue weighted by atomic mass is 35.5. The first-order chi connectivity index (χ1) is 16.2. The molecule has 0 saturated heterocycles. The van der Waals surface area contributed by atoms with Crippen molar-refractivity contribution >= 4 is 29.4 Å². The Labute approximate surface area is 205 Å². The van der Waals surface area contributed by atoms with Gasteiger partial charge in [0.2, 0.25) is 5.91 Å². The highest BCUT2D eigenvalue weighted by molar-refractivity contribution is 6.17. The molecular weight excluding hydrogens is 487 g/mol. The predicted octanol–water partition coefficient (Wildman–Crippen LogP) is 4.44. The number of amides is 2. The minimum atomic E-state index is -4.58. The molecule has 2 aromatic rings. The maximum Gasteiger partial charge on any atom is 0.418 e. The molecule has 0 saturated carbocycles. The third-order valence-electron chi connectivity index (χ3n) is 5.42. The normalized spacial score (nSPS) is 14.6. The molecule has 3 rings (SSSR count). The van der Waals surface area contributed by atoms with Gasteiger partial charge in [0.25, 0.3) is 5.91 Å². The number of rotatable bonds is 7. The van der Waals surface area contributed by atoms with Crippen LogP contribution in [-0.2, 0) is 32.9 Å². The van der Waals surface area contributed by atoms with Gasteiger partial charge in [-0.3, -0.25) is 19.4 Å². The van der Waals surface area contributed by atoms with E-state index in [9.17, 15) is 27.6 Å². The number of carbonyl (C=O) groups excluding carboxylic acids is 3. The largest absolute Gasteiger partial charge is 0.460 e. The molecule has 1 aliphatic heterocycles. The molecule has 1 aliphatic rings. The minimum absolute atomic E-state index is 0.00360. The van der Waals surface area contributed by atoms with Crippen molar-refractivity contribution in [2.24, 2.45) is 5.73 Å². The number of benzene rings is 1. The molecule has 1 aromatic carbocycles. The first-order valence-corrected chi connectivity index (χ1v) is 11.3. The molecule has 0 fully saturated rings. The van der Waals surface area contributed by atoms with Gasteiger partial charge in [-0.15, -0.1) is 11.6 Å². The molecule has 7 nitrogen and oxygen atoms in total. The summed E-state index contributed by atoms with van der Waals surface area (Å²) in [6, 6.07) is 4.95. The van der Waals surface area contributed by atoms with E-state index >= 15 is 0 Å². The molecule has 0 aliphatic carbocycles. The van der Waals surface area contributed by atoms with Crippen molar-refractivity contribution in [1.82, 2.24) is 9.88 Å². The molecule has 2 heterocycles. The molecule has 2 N–H and O–H groups in total. The van der Waals surface area contributed by atoms with Gasteiger partial charge in [0.1, 0.15) is 11.6 Å². The highest BCUT2D eigenvalue weighted by Crippen LogP contribution is 2.35. The quantitative estimate of drug-likeness (QED) is 0.437. The Hall–Kier alpha value is -3.14. The van der Waals surface area contributed by atoms with E-state index in [-0.39, 0.29) is 36.5 Å². The number of hydrogen-bond donors (Lipinski definition) is 1. The molecular formula is C24H25ClF3N3O4. The number of halogens is 4. The first kappa shape index (κ1) is 26.5. The lowest BCUT2D eigenvalue weighted by Gasteiger charge is -2.25. The van der Waals surface area contributed by atoms with Crippen LogP contribution in [0.2, 0.25) is 0 Å². The number of nitrogens with two attached hydrogens (primary N) is 1. The summed E-state index contributed by atoms with van der Waals surface area (Å²) in [6.07, 6.45) is -3.95. The zero-order valence-corrected chi connectivity index (χ0v) is 20.2. The topological polar surface area (TPSA) is 103 Å². The maximum atomic E-state index is 13.2. The van der Waals surface area contributed by atoms with Gasteiger partial charge < -0.3 is 15.4 Å². The summed E-state index contributed by atoms with van der Waals surface area (Å²) in [5.41, 5.74) is 5.47. The number of fused-ring (bicyclic) bond motifs is 1. The van der Waals surface area contributed by atoms with E-state index in [2.05, 4.69) is 4.98 Å². The van der Waals surface area contributed by atoms with E-state index in [4.69, 9.17) is 22.1 Å². The Morgan fingerprint density at radius 2 is 1.91 bits per heavy atom. The number of alkyl halides is 4. The van der Waals surface area contributed by atoms with Crippen LogP contribution in [0.4, 0.5) is 13.2 Å². The van der Waals surface area contributed by atoms with Crippen LogP contribution < -0.4 is 5.73 Å². The maximum absolute atomic E-state index is 13.2. The van der Waals surface area contributed by atoms with E-state index in [1.807, 2.05) is 0 Å². The van der Waals surface area contributed by atoms with Gasteiger partial charge >= 0.3 is 12.1 Å². The SMILES string of the molecule is CC(C)(C)OC(=O)CCC(C(N)=O)N1Cc2cc(-c3cc(CCl)c(C(F)(F)F)cn3)ccc2C1=O. The lowest BCUT2D eigenvalue weighted by Crippen LogP contribution is -2.45. The summed E-state index contributed by atoms with van der Waals surface area (Å²) in [5, 5.41) is 0. The highest BCUT2D eigenvalue weighted by Gasteiger charge is 2.37. The summed E-state index contributed by atoms with van der Waals surface area (Å²) in [5.74, 6) is -2.05. The Bertz CT molecular complexity index is 1160. The van der Waals surface area contributed by atoms with Gasteiger partial charge in [-0.05, 0) is 56.5 Å². The number of primary amides is 1. The van der Waals surface area contributed by atoms with E-state index in [0.29, 0.717) is 16.7 Å². The summed E-state index contributed by atoms with van der Waals surface area (Å²) < 4.78 is 44.7. The third kappa shape index (κ3) is 6.11. The second kappa shape index (κ2) is 9.85. The number of ether oxygens (including phenoxy) is 1. The first-order valence-electron chi connectivity index (χ1n) is 10.8. The Balaban J connectivity index is 1.83. The van der Waals surface area contributed by atoms with E-state index in [0.717, 1.165) is 6.20 Å². The van der Waals surface area contributed by atoms with Crippen molar-refractivity contribution in [2.45, 2.75) is 63.9 Å². The zero-order valence-electron chi connectivity index (χ0n) is 19.4. The van der Waals surface area contributed by atoms with Gasteiger partial charge in [-0.2, -0.15) is 13.2 Å². The predicted molar refractivity (Wildman–Crippen MR) is 122 cm³/mol. The molecule has 0 spiro atoms. The number of carbonyl (C=O) groups is 3. The van der Waals surface area contributed by atoms with Crippen LogP contribution in [0.15, 0.2) is 30.5 Å². The number of esters is 1. The lowest BCUT2D eigenvalue weighted by atomic mass is 10.0. The van der Waals surface area contributed by atoms with Crippen LogP contribution in [0.1, 0.15) is 60.7 Å². The summed E-state index contributed by atoms with van der Waals surface area (Å²) in [7, 11) is 0. The van der Waals surface area contributed by atoms with Gasteiger partial charge in [0, 0.05) is 36.2 Å². The van der Waals surface area contributed by atoms with Crippen LogP contribution in [0.3, 0.4) is 0 Å². The van der Waals surface area contributed by atoms with Crippen LogP contribution in [0, 0.1) is 0 Å². The molecule has 1 atom stereocenters. The van der Waals surface area contributed by atoms with Crippen molar-refractivity contribution in [2.75, 3.05) is 0 Å². The molecule has 1 unspecified atom stereocenters. The number of pyridine rings is 1. The number of aromatic nitrogens is 1. The third-order valence-corrected chi connectivity index (χ3v) is 5.71. The van der Waals surface area contributed by atoms with Crippen molar-refractivity contribution in [3.63, 3.8) is 0 Å². The number of nitrogens with zero attached hydrogens (tertiary/aromatic N) is 2.